The van der Waals surface area contributed by atoms with E-state index in [1.165, 1.54) is 26.0 Å². The number of para-hydroxylation sites is 1. The van der Waals surface area contributed by atoms with Crippen LogP contribution in [0.2, 0.25) is 0 Å². The van der Waals surface area contributed by atoms with Crippen LogP contribution in [0.3, 0.4) is 0 Å². The number of fused-ring (bicyclic) bond motifs is 2. The molecule has 8 heteroatoms. The third-order valence-corrected chi connectivity index (χ3v) is 4.87. The topological polar surface area (TPSA) is 108 Å². The summed E-state index contributed by atoms with van der Waals surface area (Å²) in [7, 11) is 2.36. The van der Waals surface area contributed by atoms with Gasteiger partial charge in [-0.05, 0) is 19.9 Å². The second-order valence-electron chi connectivity index (χ2n) is 6.07. The SMILES string of the molecule is CCN1C(=O)C2(C(C(=O)OC)=C(C)OC(N)=C2C(=O)OC)c2ccccc21. The Morgan fingerprint density at radius 2 is 1.74 bits per heavy atom. The summed E-state index contributed by atoms with van der Waals surface area (Å²) in [6.45, 7) is 3.63. The molecule has 0 radical (unpaired) electrons. The molecule has 1 aromatic rings. The van der Waals surface area contributed by atoms with Crippen molar-refractivity contribution in [1.82, 2.24) is 0 Å². The zero-order chi connectivity index (χ0) is 19.9. The van der Waals surface area contributed by atoms with E-state index < -0.39 is 23.3 Å². The van der Waals surface area contributed by atoms with Crippen LogP contribution in [-0.2, 0) is 34.0 Å². The van der Waals surface area contributed by atoms with Gasteiger partial charge in [0.05, 0.1) is 14.2 Å². The maximum atomic E-state index is 13.7. The zero-order valence-corrected chi connectivity index (χ0v) is 15.5. The highest BCUT2D eigenvalue weighted by atomic mass is 16.5. The molecule has 0 saturated carbocycles. The summed E-state index contributed by atoms with van der Waals surface area (Å²) in [6, 6.07) is 6.92. The Hall–Kier alpha value is -3.29. The third-order valence-electron chi connectivity index (χ3n) is 4.87. The van der Waals surface area contributed by atoms with Gasteiger partial charge in [-0.1, -0.05) is 18.2 Å². The van der Waals surface area contributed by atoms with E-state index in [2.05, 4.69) is 0 Å². The van der Waals surface area contributed by atoms with Crippen LogP contribution >= 0.6 is 0 Å². The molecule has 3 rings (SSSR count). The fraction of sp³-hybridized carbons (Fsp3) is 0.316. The quantitative estimate of drug-likeness (QED) is 0.792. The number of rotatable bonds is 3. The van der Waals surface area contributed by atoms with Gasteiger partial charge in [0.15, 0.2) is 0 Å². The predicted molar refractivity (Wildman–Crippen MR) is 95.2 cm³/mol. The monoisotopic (exact) mass is 372 g/mol. The summed E-state index contributed by atoms with van der Waals surface area (Å²) in [5.41, 5.74) is 4.92. The number of nitrogens with zero attached hydrogens (tertiary/aromatic N) is 1. The van der Waals surface area contributed by atoms with E-state index in [-0.39, 0.29) is 22.8 Å². The number of allylic oxidation sites excluding steroid dienone is 1. The molecule has 2 aliphatic heterocycles. The van der Waals surface area contributed by atoms with Crippen LogP contribution in [0.15, 0.2) is 47.1 Å². The van der Waals surface area contributed by atoms with E-state index in [1.807, 2.05) is 0 Å². The van der Waals surface area contributed by atoms with Crippen molar-refractivity contribution in [3.63, 3.8) is 0 Å². The van der Waals surface area contributed by atoms with Gasteiger partial charge >= 0.3 is 11.9 Å². The molecule has 2 N–H and O–H groups in total. The molecule has 8 nitrogen and oxygen atoms in total. The molecule has 1 amide bonds. The number of carbonyl (C=O) groups excluding carboxylic acids is 3. The predicted octanol–water partition coefficient (Wildman–Crippen LogP) is 1.11. The first-order valence-corrected chi connectivity index (χ1v) is 8.33. The van der Waals surface area contributed by atoms with Crippen molar-refractivity contribution in [2.45, 2.75) is 19.3 Å². The first kappa shape index (κ1) is 18.5. The number of likely N-dealkylation sites (N-methyl/N-ethyl adjacent to an activating group) is 1. The molecule has 0 aromatic heterocycles. The van der Waals surface area contributed by atoms with E-state index in [0.717, 1.165) is 0 Å². The van der Waals surface area contributed by atoms with Crippen LogP contribution in [0.4, 0.5) is 5.69 Å². The Labute approximate surface area is 156 Å². The van der Waals surface area contributed by atoms with Gasteiger partial charge in [0.2, 0.25) is 11.8 Å². The molecule has 2 heterocycles. The summed E-state index contributed by atoms with van der Waals surface area (Å²) < 4.78 is 15.2. The second-order valence-corrected chi connectivity index (χ2v) is 6.07. The molecular weight excluding hydrogens is 352 g/mol. The highest BCUT2D eigenvalue weighted by Crippen LogP contribution is 2.54. The molecule has 0 fully saturated rings. The molecule has 1 aromatic carbocycles. The fourth-order valence-corrected chi connectivity index (χ4v) is 3.85. The summed E-state index contributed by atoms with van der Waals surface area (Å²) in [5.74, 6) is -2.33. The van der Waals surface area contributed by atoms with Crippen LogP contribution in [0.25, 0.3) is 0 Å². The average molecular weight is 372 g/mol. The van der Waals surface area contributed by atoms with Crippen molar-refractivity contribution >= 4 is 23.5 Å². The minimum Gasteiger partial charge on any atom is -0.466 e. The molecule has 0 saturated heterocycles. The average Bonchev–Trinajstić information content (AvgIpc) is 2.89. The first-order valence-electron chi connectivity index (χ1n) is 8.33. The van der Waals surface area contributed by atoms with Crippen molar-refractivity contribution in [2.75, 3.05) is 25.7 Å². The van der Waals surface area contributed by atoms with Gasteiger partial charge < -0.3 is 24.8 Å². The Morgan fingerprint density at radius 1 is 1.15 bits per heavy atom. The second kappa shape index (κ2) is 6.46. The van der Waals surface area contributed by atoms with E-state index in [9.17, 15) is 14.4 Å². The van der Waals surface area contributed by atoms with Crippen molar-refractivity contribution in [2.24, 2.45) is 5.73 Å². The van der Waals surface area contributed by atoms with E-state index in [1.54, 1.807) is 31.2 Å². The number of amides is 1. The molecule has 2 aliphatic rings. The molecule has 1 atom stereocenters. The van der Waals surface area contributed by atoms with Crippen molar-refractivity contribution in [3.05, 3.63) is 52.6 Å². The number of methoxy groups -OCH3 is 2. The number of esters is 2. The molecule has 27 heavy (non-hydrogen) atoms. The lowest BCUT2D eigenvalue weighted by Gasteiger charge is -2.35. The molecule has 142 valence electrons. The highest BCUT2D eigenvalue weighted by molar-refractivity contribution is 6.22. The number of ether oxygens (including phenoxy) is 3. The zero-order valence-electron chi connectivity index (χ0n) is 15.5. The summed E-state index contributed by atoms with van der Waals surface area (Å²) in [6.07, 6.45) is 0. The van der Waals surface area contributed by atoms with Crippen LogP contribution < -0.4 is 10.6 Å². The van der Waals surface area contributed by atoms with Gasteiger partial charge in [-0.2, -0.15) is 0 Å². The van der Waals surface area contributed by atoms with E-state index >= 15 is 0 Å². The number of hydrogen-bond donors (Lipinski definition) is 1. The third kappa shape index (κ3) is 2.26. The number of anilines is 1. The van der Waals surface area contributed by atoms with E-state index in [4.69, 9.17) is 19.9 Å². The molecule has 1 spiro atoms. The largest absolute Gasteiger partial charge is 0.466 e. The fourth-order valence-electron chi connectivity index (χ4n) is 3.85. The molecular formula is C19H20N2O6. The minimum absolute atomic E-state index is 0.0898. The number of nitrogens with two attached hydrogens (primary N) is 1. The number of carbonyl (C=O) groups is 3. The van der Waals surface area contributed by atoms with Gasteiger partial charge in [-0.25, -0.2) is 9.59 Å². The Balaban J connectivity index is 2.48. The van der Waals surface area contributed by atoms with E-state index in [0.29, 0.717) is 17.8 Å². The smallest absolute Gasteiger partial charge is 0.340 e. The lowest BCUT2D eigenvalue weighted by atomic mass is 9.67. The lowest BCUT2D eigenvalue weighted by Crippen LogP contribution is -2.50. The van der Waals surface area contributed by atoms with Gasteiger partial charge in [-0.3, -0.25) is 4.79 Å². The van der Waals surface area contributed by atoms with Crippen LogP contribution in [-0.4, -0.2) is 38.6 Å². The van der Waals surface area contributed by atoms with Crippen molar-refractivity contribution in [3.8, 4) is 0 Å². The van der Waals surface area contributed by atoms with Crippen molar-refractivity contribution < 1.29 is 28.6 Å². The summed E-state index contributed by atoms with van der Waals surface area (Å²) >= 11 is 0. The Morgan fingerprint density at radius 3 is 2.33 bits per heavy atom. The normalized spacial score (nSPS) is 21.3. The molecule has 0 bridgehead atoms. The van der Waals surface area contributed by atoms with Gasteiger partial charge in [0.25, 0.3) is 0 Å². The molecule has 0 aliphatic carbocycles. The van der Waals surface area contributed by atoms with Crippen LogP contribution in [0.1, 0.15) is 19.4 Å². The Kier molecular flexibility index (Phi) is 4.43. The maximum Gasteiger partial charge on any atom is 0.340 e. The minimum atomic E-state index is -1.79. The summed E-state index contributed by atoms with van der Waals surface area (Å²) in [4.78, 5) is 40.5. The van der Waals surface area contributed by atoms with Gasteiger partial charge in [-0.15, -0.1) is 0 Å². The lowest BCUT2D eigenvalue weighted by molar-refractivity contribution is -0.141. The highest BCUT2D eigenvalue weighted by Gasteiger charge is 2.63. The number of hydrogen-bond acceptors (Lipinski definition) is 7. The number of benzene rings is 1. The standard InChI is InChI=1S/C19H20N2O6/c1-5-21-12-9-7-6-8-11(12)19(18(21)24)13(16(22)25-3)10(2)27-15(20)14(19)17(23)26-4/h6-9H,5,20H2,1-4H3. The molecule has 1 unspecified atom stereocenters. The van der Waals surface area contributed by atoms with Gasteiger partial charge in [0, 0.05) is 17.8 Å². The first-order chi connectivity index (χ1) is 12.9. The van der Waals surface area contributed by atoms with Crippen LogP contribution in [0, 0.1) is 0 Å². The maximum absolute atomic E-state index is 13.7. The summed E-state index contributed by atoms with van der Waals surface area (Å²) in [5, 5.41) is 0. The van der Waals surface area contributed by atoms with Crippen LogP contribution in [0.5, 0.6) is 0 Å². The van der Waals surface area contributed by atoms with Crippen molar-refractivity contribution in [1.29, 1.82) is 0 Å². The van der Waals surface area contributed by atoms with Gasteiger partial charge in [0.1, 0.15) is 22.3 Å². The Bertz CT molecular complexity index is 877.